The molecule has 0 amide bonds. The maximum absolute atomic E-state index is 4.31. The molecule has 0 saturated carbocycles. The third-order valence-corrected chi connectivity index (χ3v) is 0. The quantitative estimate of drug-likeness (QED) is 0.187. The van der Waals surface area contributed by atoms with Crippen molar-refractivity contribution >= 4 is 22.5 Å². The van der Waals surface area contributed by atoms with Crippen molar-refractivity contribution < 1.29 is 18.9 Å². The molecule has 0 unspecified atom stereocenters. The van der Waals surface area contributed by atoms with Crippen molar-refractivity contribution in [2.75, 3.05) is 6.26 Å². The van der Waals surface area contributed by atoms with Crippen LogP contribution in [0, 0.1) is 0 Å². The fraction of sp³-hybridized carbons (Fsp3) is 1.00. The Morgan fingerprint density at radius 2 is 1.75 bits per heavy atom. The van der Waals surface area contributed by atoms with E-state index in [9.17, 15) is 0 Å². The van der Waals surface area contributed by atoms with Gasteiger partial charge in [-0.3, -0.25) is 0 Å². The van der Waals surface area contributed by atoms with Crippen LogP contribution in [0.5, 0.6) is 0 Å². The summed E-state index contributed by atoms with van der Waals surface area (Å²) in [6.07, 6.45) is 1.86. The molecule has 3 heteroatoms. The molecule has 0 atom stereocenters. The first-order chi connectivity index (χ1) is 1.41. The minimum atomic E-state index is 0. The van der Waals surface area contributed by atoms with E-state index in [-0.39, 0.29) is 18.9 Å². The average Bonchev–Trinajstić information content (AvgIpc) is 0.918. The molecule has 0 nitrogen and oxygen atoms in total. The molecule has 0 N–H and O–H groups in total. The molecular weight excluding hydrogens is 83.1 g/mol. The van der Waals surface area contributed by atoms with Crippen molar-refractivity contribution in [1.29, 1.82) is 0 Å². The van der Waals surface area contributed by atoms with Crippen LogP contribution in [-0.2, 0) is 11.7 Å². The van der Waals surface area contributed by atoms with Crippen molar-refractivity contribution in [2.45, 2.75) is 0 Å². The van der Waals surface area contributed by atoms with E-state index in [1.54, 1.807) is 0 Å². The van der Waals surface area contributed by atoms with Gasteiger partial charge < -0.3 is 22.5 Å². The molecule has 0 fully saturated rings. The molecule has 0 radical (unpaired) electrons. The Balaban J connectivity index is 0. The Morgan fingerprint density at radius 3 is 1.75 bits per heavy atom. The van der Waals surface area contributed by atoms with Gasteiger partial charge in [-0.15, -0.1) is 0 Å². The Morgan fingerprint density at radius 1 is 1.75 bits per heavy atom. The summed E-state index contributed by atoms with van der Waals surface area (Å²) in [7, 11) is 1.33. The van der Waals surface area contributed by atoms with Crippen molar-refractivity contribution in [1.82, 2.24) is 0 Å². The minimum absolute atomic E-state index is 0. The van der Waals surface area contributed by atoms with Gasteiger partial charge in [0.05, 0.1) is 0 Å². The van der Waals surface area contributed by atoms with Gasteiger partial charge >= 0.3 is 18.9 Å². The van der Waals surface area contributed by atoms with E-state index in [2.05, 4.69) is 11.7 Å². The molecule has 20 valence electrons. The Bertz CT molecular complexity index is 6.00. The van der Waals surface area contributed by atoms with Gasteiger partial charge in [0.15, 0.2) is 0 Å². The van der Waals surface area contributed by atoms with E-state index >= 15 is 0 Å². The predicted octanol–water partition coefficient (Wildman–Crippen LogP) is -2.18. The summed E-state index contributed by atoms with van der Waals surface area (Å²) < 4.78 is 0. The van der Waals surface area contributed by atoms with E-state index in [4.69, 9.17) is 0 Å². The summed E-state index contributed by atoms with van der Waals surface area (Å²) >= 11 is 4.31. The van der Waals surface area contributed by atoms with Gasteiger partial charge in [0.1, 0.15) is 0 Å². The second-order valence-corrected chi connectivity index (χ2v) is 1.50. The number of hydrogen-bond donors (Lipinski definition) is 0. The molecule has 0 bridgehead atoms. The van der Waals surface area contributed by atoms with Crippen molar-refractivity contribution in [3.63, 3.8) is 0 Å². The molecule has 0 rings (SSSR count). The Labute approximate surface area is 47.7 Å². The summed E-state index contributed by atoms with van der Waals surface area (Å²) in [6, 6.07) is 0. The van der Waals surface area contributed by atoms with Gasteiger partial charge in [0, 0.05) is 0 Å². The van der Waals surface area contributed by atoms with Crippen LogP contribution < -0.4 is 18.9 Å². The van der Waals surface area contributed by atoms with Gasteiger partial charge in [-0.25, -0.2) is 0 Å². The van der Waals surface area contributed by atoms with Gasteiger partial charge in [0.2, 0.25) is 0 Å². The van der Waals surface area contributed by atoms with E-state index in [1.807, 2.05) is 6.26 Å². The SMILES string of the molecule is CS[S-].[Li+]. The zero-order valence-corrected chi connectivity index (χ0v) is 4.45. The smallest absolute Gasteiger partial charge is 0.719 e. The summed E-state index contributed by atoms with van der Waals surface area (Å²) in [4.78, 5) is 0. The zero-order chi connectivity index (χ0) is 2.71. The molecule has 0 aromatic rings. The first-order valence-electron chi connectivity index (χ1n) is 0.575. The number of rotatable bonds is 0. The van der Waals surface area contributed by atoms with Crippen LogP contribution in [0.25, 0.3) is 0 Å². The fourth-order valence-corrected chi connectivity index (χ4v) is 0. The second kappa shape index (κ2) is 8.85. The maximum Gasteiger partial charge on any atom is 1.00 e. The molecule has 0 aromatic carbocycles. The average molecular weight is 86.1 g/mol. The fourth-order valence-electron chi connectivity index (χ4n) is 0. The largest absolute Gasteiger partial charge is 1.00 e. The summed E-state index contributed by atoms with van der Waals surface area (Å²) in [5.74, 6) is 0. The first kappa shape index (κ1) is 9.00. The van der Waals surface area contributed by atoms with Crippen LogP contribution in [0.15, 0.2) is 0 Å². The number of hydrogen-bond acceptors (Lipinski definition) is 2. The summed E-state index contributed by atoms with van der Waals surface area (Å²) in [5, 5.41) is 0. The maximum atomic E-state index is 4.31. The van der Waals surface area contributed by atoms with Crippen LogP contribution in [0.1, 0.15) is 0 Å². The molecule has 0 saturated heterocycles. The summed E-state index contributed by atoms with van der Waals surface area (Å²) in [6.45, 7) is 0. The van der Waals surface area contributed by atoms with Gasteiger partial charge in [0.25, 0.3) is 0 Å². The van der Waals surface area contributed by atoms with Crippen LogP contribution in [0.2, 0.25) is 0 Å². The van der Waals surface area contributed by atoms with E-state index < -0.39 is 0 Å². The van der Waals surface area contributed by atoms with Gasteiger partial charge in [-0.2, -0.15) is 0 Å². The molecule has 4 heavy (non-hydrogen) atoms. The normalized spacial score (nSPS) is 4.50. The van der Waals surface area contributed by atoms with Gasteiger partial charge in [-0.05, 0) is 6.26 Å². The standard InChI is InChI=1S/CH4S2.Li/c1-3-2;/h2H,1H3;/q;+1/p-1. The van der Waals surface area contributed by atoms with Crippen LogP contribution in [0.4, 0.5) is 0 Å². The molecule has 0 aliphatic heterocycles. The molecule has 0 heterocycles. The van der Waals surface area contributed by atoms with Crippen molar-refractivity contribution in [3.05, 3.63) is 0 Å². The predicted molar refractivity (Wildman–Crippen MR) is 20.9 cm³/mol. The van der Waals surface area contributed by atoms with E-state index in [0.717, 1.165) is 0 Å². The van der Waals surface area contributed by atoms with Crippen LogP contribution in [-0.4, -0.2) is 6.26 Å². The molecular formula is CH3LiS2. The van der Waals surface area contributed by atoms with E-state index in [1.165, 1.54) is 10.8 Å². The topological polar surface area (TPSA) is 0 Å². The molecule has 0 aliphatic carbocycles. The minimum Gasteiger partial charge on any atom is -0.719 e. The zero-order valence-electron chi connectivity index (χ0n) is 2.82. The molecule has 0 spiro atoms. The second-order valence-electron chi connectivity index (χ2n) is 0.167. The molecule has 0 aromatic heterocycles. The molecule has 0 aliphatic rings. The van der Waals surface area contributed by atoms with Crippen molar-refractivity contribution in [2.24, 2.45) is 0 Å². The van der Waals surface area contributed by atoms with E-state index in [0.29, 0.717) is 0 Å². The Hall–Kier alpha value is 1.30. The third kappa shape index (κ3) is 10.3. The summed E-state index contributed by atoms with van der Waals surface area (Å²) in [5.41, 5.74) is 0. The van der Waals surface area contributed by atoms with Gasteiger partial charge in [-0.1, -0.05) is 0 Å². The van der Waals surface area contributed by atoms with Crippen molar-refractivity contribution in [3.8, 4) is 0 Å². The monoisotopic (exact) mass is 86.0 g/mol. The Kier molecular flexibility index (Phi) is 19.9. The third-order valence-electron chi connectivity index (χ3n) is 0. The van der Waals surface area contributed by atoms with Crippen LogP contribution >= 0.6 is 10.8 Å². The first-order valence-corrected chi connectivity index (χ1v) is 2.72. The van der Waals surface area contributed by atoms with Crippen LogP contribution in [0.3, 0.4) is 0 Å².